The van der Waals surface area contributed by atoms with Gasteiger partial charge in [0.15, 0.2) is 0 Å². The van der Waals surface area contributed by atoms with Crippen LogP contribution < -0.4 is 11.1 Å². The Bertz CT molecular complexity index is 611. The summed E-state index contributed by atoms with van der Waals surface area (Å²) in [6.45, 7) is 2.20. The van der Waals surface area contributed by atoms with Gasteiger partial charge in [-0.2, -0.15) is 0 Å². The van der Waals surface area contributed by atoms with Crippen LogP contribution in [-0.2, 0) is 0 Å². The van der Waals surface area contributed by atoms with Crippen LogP contribution in [0, 0.1) is 0 Å². The Hall–Kier alpha value is -1.16. The molecule has 3 N–H and O–H groups in total. The van der Waals surface area contributed by atoms with Crippen molar-refractivity contribution in [3.8, 4) is 0 Å². The van der Waals surface area contributed by atoms with Crippen molar-refractivity contribution in [1.82, 2.24) is 5.32 Å². The first-order valence-corrected chi connectivity index (χ1v) is 7.80. The molecule has 0 saturated carbocycles. The number of nitrogens with one attached hydrogen (secondary N) is 1. The highest BCUT2D eigenvalue weighted by atomic mass is 79.9. The van der Waals surface area contributed by atoms with E-state index in [-0.39, 0.29) is 6.04 Å². The van der Waals surface area contributed by atoms with E-state index in [1.165, 1.54) is 16.7 Å². The van der Waals surface area contributed by atoms with Crippen LogP contribution >= 0.6 is 15.9 Å². The molecule has 3 rings (SSSR count). The minimum atomic E-state index is 0.151. The molecule has 0 spiro atoms. The van der Waals surface area contributed by atoms with Gasteiger partial charge in [-0.05, 0) is 42.2 Å². The molecule has 3 heteroatoms. The fourth-order valence-electron chi connectivity index (χ4n) is 3.01. The van der Waals surface area contributed by atoms with E-state index in [9.17, 15) is 0 Å². The number of rotatable bonds is 3. The van der Waals surface area contributed by atoms with Crippen molar-refractivity contribution in [2.45, 2.75) is 31.5 Å². The number of nitrogens with two attached hydrogens (primary N) is 1. The molecule has 0 aliphatic heterocycles. The first-order chi connectivity index (χ1) is 9.65. The third-order valence-electron chi connectivity index (χ3n) is 4.06. The third kappa shape index (κ3) is 2.66. The summed E-state index contributed by atoms with van der Waals surface area (Å²) in [5.41, 5.74) is 10.1. The van der Waals surface area contributed by atoms with E-state index in [0.717, 1.165) is 10.9 Å². The summed E-state index contributed by atoms with van der Waals surface area (Å²) >= 11 is 3.53. The van der Waals surface area contributed by atoms with Gasteiger partial charge in [-0.15, -0.1) is 0 Å². The predicted molar refractivity (Wildman–Crippen MR) is 86.4 cm³/mol. The second-order valence-corrected chi connectivity index (χ2v) is 6.38. The van der Waals surface area contributed by atoms with Gasteiger partial charge in [0.05, 0.1) is 0 Å². The molecule has 1 aliphatic rings. The quantitative estimate of drug-likeness (QED) is 0.883. The maximum absolute atomic E-state index is 6.23. The van der Waals surface area contributed by atoms with Crippen LogP contribution in [0.3, 0.4) is 0 Å². The van der Waals surface area contributed by atoms with Crippen molar-refractivity contribution < 1.29 is 0 Å². The molecule has 0 heterocycles. The Morgan fingerprint density at radius 1 is 1.15 bits per heavy atom. The lowest BCUT2D eigenvalue weighted by atomic mass is 10.0. The molecule has 0 saturated heterocycles. The molecule has 2 aromatic carbocycles. The zero-order valence-electron chi connectivity index (χ0n) is 11.5. The second kappa shape index (κ2) is 5.68. The summed E-state index contributed by atoms with van der Waals surface area (Å²) in [5, 5.41) is 3.71. The molecule has 0 bridgehead atoms. The van der Waals surface area contributed by atoms with Crippen LogP contribution in [0.15, 0.2) is 53.0 Å². The summed E-state index contributed by atoms with van der Waals surface area (Å²) in [4.78, 5) is 0. The maximum Gasteiger partial charge on any atom is 0.0347 e. The molecule has 104 valence electrons. The topological polar surface area (TPSA) is 38.0 Å². The van der Waals surface area contributed by atoms with Gasteiger partial charge in [0, 0.05) is 22.6 Å². The van der Waals surface area contributed by atoms with E-state index in [1.54, 1.807) is 0 Å². The SMILES string of the molecule is C[C@H](NC1CC(N)c2ccccc21)c1cccc(Br)c1. The Labute approximate surface area is 128 Å². The minimum absolute atomic E-state index is 0.151. The number of halogens is 1. The average Bonchev–Trinajstić information content (AvgIpc) is 2.76. The van der Waals surface area contributed by atoms with Crippen LogP contribution in [0.4, 0.5) is 0 Å². The highest BCUT2D eigenvalue weighted by Gasteiger charge is 2.28. The Morgan fingerprint density at radius 2 is 1.90 bits per heavy atom. The van der Waals surface area contributed by atoms with Crippen molar-refractivity contribution in [1.29, 1.82) is 0 Å². The Balaban J connectivity index is 1.79. The van der Waals surface area contributed by atoms with Crippen molar-refractivity contribution in [3.63, 3.8) is 0 Å². The van der Waals surface area contributed by atoms with E-state index in [1.807, 2.05) is 0 Å². The molecule has 2 nitrogen and oxygen atoms in total. The highest BCUT2D eigenvalue weighted by molar-refractivity contribution is 9.10. The van der Waals surface area contributed by atoms with Gasteiger partial charge in [0.2, 0.25) is 0 Å². The van der Waals surface area contributed by atoms with Crippen molar-refractivity contribution in [2.75, 3.05) is 0 Å². The third-order valence-corrected chi connectivity index (χ3v) is 4.55. The van der Waals surface area contributed by atoms with Gasteiger partial charge >= 0.3 is 0 Å². The number of hydrogen-bond acceptors (Lipinski definition) is 2. The summed E-state index contributed by atoms with van der Waals surface area (Å²) in [7, 11) is 0. The Morgan fingerprint density at radius 3 is 2.65 bits per heavy atom. The predicted octanol–water partition coefficient (Wildman–Crippen LogP) is 4.24. The van der Waals surface area contributed by atoms with E-state index in [4.69, 9.17) is 5.73 Å². The van der Waals surface area contributed by atoms with E-state index >= 15 is 0 Å². The van der Waals surface area contributed by atoms with Crippen molar-refractivity contribution in [2.24, 2.45) is 5.73 Å². The van der Waals surface area contributed by atoms with E-state index in [2.05, 4.69) is 76.7 Å². The lowest BCUT2D eigenvalue weighted by molar-refractivity contribution is 0.445. The first kappa shape index (κ1) is 13.8. The molecule has 0 radical (unpaired) electrons. The van der Waals surface area contributed by atoms with Crippen LogP contribution in [0.1, 0.15) is 48.2 Å². The molecule has 0 amide bonds. The Kier molecular flexibility index (Phi) is 3.92. The standard InChI is InChI=1S/C17H19BrN2/c1-11(12-5-4-6-13(18)9-12)20-17-10-16(19)14-7-2-3-8-15(14)17/h2-9,11,16-17,20H,10,19H2,1H3/t11-,16?,17?/m0/s1. The second-order valence-electron chi connectivity index (χ2n) is 5.47. The van der Waals surface area contributed by atoms with Crippen LogP contribution in [-0.4, -0.2) is 0 Å². The molecule has 2 unspecified atom stereocenters. The smallest absolute Gasteiger partial charge is 0.0347 e. The fourth-order valence-corrected chi connectivity index (χ4v) is 3.42. The summed E-state index contributed by atoms with van der Waals surface area (Å²) in [5.74, 6) is 0. The largest absolute Gasteiger partial charge is 0.324 e. The number of hydrogen-bond donors (Lipinski definition) is 2. The fraction of sp³-hybridized carbons (Fsp3) is 0.294. The number of fused-ring (bicyclic) bond motifs is 1. The molecular formula is C17H19BrN2. The van der Waals surface area contributed by atoms with Crippen LogP contribution in [0.25, 0.3) is 0 Å². The molecule has 0 fully saturated rings. The summed E-state index contributed by atoms with van der Waals surface area (Å²) in [6, 6.07) is 17.7. The van der Waals surface area contributed by atoms with E-state index < -0.39 is 0 Å². The van der Waals surface area contributed by atoms with Gasteiger partial charge in [-0.3, -0.25) is 0 Å². The molecular weight excluding hydrogens is 312 g/mol. The minimum Gasteiger partial charge on any atom is -0.324 e. The van der Waals surface area contributed by atoms with Gasteiger partial charge in [-0.25, -0.2) is 0 Å². The lowest BCUT2D eigenvalue weighted by Crippen LogP contribution is -2.23. The van der Waals surface area contributed by atoms with Gasteiger partial charge in [0.1, 0.15) is 0 Å². The van der Waals surface area contributed by atoms with Crippen molar-refractivity contribution in [3.05, 3.63) is 69.7 Å². The van der Waals surface area contributed by atoms with E-state index in [0.29, 0.717) is 12.1 Å². The van der Waals surface area contributed by atoms with Gasteiger partial charge in [-0.1, -0.05) is 52.3 Å². The lowest BCUT2D eigenvalue weighted by Gasteiger charge is -2.21. The van der Waals surface area contributed by atoms with Crippen LogP contribution in [0.2, 0.25) is 0 Å². The molecule has 20 heavy (non-hydrogen) atoms. The zero-order valence-corrected chi connectivity index (χ0v) is 13.1. The first-order valence-electron chi connectivity index (χ1n) is 7.01. The monoisotopic (exact) mass is 330 g/mol. The average molecular weight is 331 g/mol. The zero-order chi connectivity index (χ0) is 14.1. The van der Waals surface area contributed by atoms with Crippen molar-refractivity contribution >= 4 is 15.9 Å². The molecule has 0 aromatic heterocycles. The van der Waals surface area contributed by atoms with Gasteiger partial charge < -0.3 is 11.1 Å². The molecule has 2 aromatic rings. The van der Waals surface area contributed by atoms with Gasteiger partial charge in [0.25, 0.3) is 0 Å². The highest BCUT2D eigenvalue weighted by Crippen LogP contribution is 2.38. The normalized spacial score (nSPS) is 22.6. The van der Waals surface area contributed by atoms with Crippen LogP contribution in [0.5, 0.6) is 0 Å². The summed E-state index contributed by atoms with van der Waals surface area (Å²) in [6.07, 6.45) is 0.970. The number of benzene rings is 2. The molecule has 3 atom stereocenters. The maximum atomic E-state index is 6.23. The molecule has 1 aliphatic carbocycles. The summed E-state index contributed by atoms with van der Waals surface area (Å²) < 4.78 is 1.12.